The molecule has 3 rings (SSSR count). The number of esters is 2. The van der Waals surface area contributed by atoms with E-state index in [-0.39, 0.29) is 18.8 Å². The molecule has 2 aromatic carbocycles. The van der Waals surface area contributed by atoms with Crippen LogP contribution in [0, 0.1) is 5.92 Å². The van der Waals surface area contributed by atoms with Gasteiger partial charge in [0.15, 0.2) is 0 Å². The monoisotopic (exact) mass is 520 g/mol. The van der Waals surface area contributed by atoms with Gasteiger partial charge in [0.05, 0.1) is 12.2 Å². The van der Waals surface area contributed by atoms with Crippen molar-refractivity contribution in [2.75, 3.05) is 19.8 Å². The number of unbranched alkanes of at least 4 members (excludes halogenated alkanes) is 1. The van der Waals surface area contributed by atoms with Crippen molar-refractivity contribution < 1.29 is 28.9 Å². The van der Waals surface area contributed by atoms with E-state index in [9.17, 15) is 14.7 Å². The molecule has 1 N–H and O–H groups in total. The van der Waals surface area contributed by atoms with Crippen LogP contribution in [0.1, 0.15) is 70.3 Å². The lowest BCUT2D eigenvalue weighted by Crippen LogP contribution is -2.15. The molecule has 0 heterocycles. The highest BCUT2D eigenvalue weighted by Crippen LogP contribution is 2.42. The number of benzene rings is 2. The number of aliphatic hydroxyl groups is 1. The summed E-state index contributed by atoms with van der Waals surface area (Å²) in [6.07, 6.45) is 8.43. The van der Waals surface area contributed by atoms with Crippen LogP contribution >= 0.6 is 0 Å². The number of ether oxygens (including phenoxy) is 3. The van der Waals surface area contributed by atoms with Crippen molar-refractivity contribution in [3.05, 3.63) is 72.3 Å². The van der Waals surface area contributed by atoms with Crippen molar-refractivity contribution in [3.63, 3.8) is 0 Å². The predicted octanol–water partition coefficient (Wildman–Crippen LogP) is 6.77. The Balaban J connectivity index is 1.75. The van der Waals surface area contributed by atoms with E-state index in [0.29, 0.717) is 23.0 Å². The van der Waals surface area contributed by atoms with Gasteiger partial charge in [0.1, 0.15) is 24.7 Å². The lowest BCUT2D eigenvalue weighted by molar-refractivity contribution is -0.139. The molecule has 6 nitrogen and oxygen atoms in total. The van der Waals surface area contributed by atoms with E-state index in [1.165, 1.54) is 37.7 Å². The highest BCUT2D eigenvalue weighted by Gasteiger charge is 2.25. The Bertz CT molecular complexity index is 1110. The van der Waals surface area contributed by atoms with Crippen molar-refractivity contribution in [2.24, 2.45) is 5.92 Å². The summed E-state index contributed by atoms with van der Waals surface area (Å²) in [7, 11) is 0. The van der Waals surface area contributed by atoms with Crippen LogP contribution in [-0.2, 0) is 14.3 Å². The van der Waals surface area contributed by atoms with E-state index in [0.717, 1.165) is 29.9 Å². The van der Waals surface area contributed by atoms with Gasteiger partial charge in [-0.1, -0.05) is 57.5 Å². The summed E-state index contributed by atoms with van der Waals surface area (Å²) in [5.74, 6) is 1.26. The summed E-state index contributed by atoms with van der Waals surface area (Å²) in [6, 6.07) is 13.6. The standard InChI is InChI=1S/C32H40O6/c1-5-6-7-24-8-10-26(11-9-24)30-20-28(38-32(35)23(4)21-33)16-17-29(30)25-12-14-27(15-13-25)36-18-19-37-31(34)22(2)3/h12-17,20,24,26,33H,2,4-11,18-19,21H2,1,3H3. The van der Waals surface area contributed by atoms with Crippen molar-refractivity contribution in [1.29, 1.82) is 0 Å². The SMILES string of the molecule is C=C(C)C(=O)OCCOc1ccc(-c2ccc(OC(=O)C(=C)CO)cc2C2CCC(CCCC)CC2)cc1. The Kier molecular flexibility index (Phi) is 11.2. The first-order valence-corrected chi connectivity index (χ1v) is 13.5. The van der Waals surface area contributed by atoms with E-state index in [2.05, 4.69) is 20.1 Å². The van der Waals surface area contributed by atoms with E-state index < -0.39 is 18.5 Å². The Morgan fingerprint density at radius 1 is 0.947 bits per heavy atom. The van der Waals surface area contributed by atoms with E-state index in [4.69, 9.17) is 14.2 Å². The fraction of sp³-hybridized carbons (Fsp3) is 0.438. The highest BCUT2D eigenvalue weighted by molar-refractivity contribution is 5.90. The summed E-state index contributed by atoms with van der Waals surface area (Å²) in [6.45, 7) is 11.0. The topological polar surface area (TPSA) is 82.1 Å². The van der Waals surface area contributed by atoms with Gasteiger partial charge in [-0.3, -0.25) is 0 Å². The van der Waals surface area contributed by atoms with Crippen LogP contribution in [0.2, 0.25) is 0 Å². The summed E-state index contributed by atoms with van der Waals surface area (Å²) < 4.78 is 16.3. The number of aliphatic hydroxyl groups excluding tert-OH is 1. The molecule has 1 saturated carbocycles. The molecule has 0 bridgehead atoms. The summed E-state index contributed by atoms with van der Waals surface area (Å²) in [4.78, 5) is 23.7. The fourth-order valence-corrected chi connectivity index (χ4v) is 4.85. The van der Waals surface area contributed by atoms with Gasteiger partial charge in [-0.25, -0.2) is 9.59 Å². The van der Waals surface area contributed by atoms with Gasteiger partial charge in [-0.05, 0) is 85.4 Å². The van der Waals surface area contributed by atoms with Crippen LogP contribution in [0.25, 0.3) is 11.1 Å². The molecule has 0 saturated heterocycles. The lowest BCUT2D eigenvalue weighted by atomic mass is 9.75. The number of rotatable bonds is 13. The first kappa shape index (κ1) is 29.2. The molecule has 0 unspecified atom stereocenters. The van der Waals surface area contributed by atoms with Crippen molar-refractivity contribution >= 4 is 11.9 Å². The Hall–Kier alpha value is -3.38. The molecule has 6 heteroatoms. The molecule has 0 radical (unpaired) electrons. The van der Waals surface area contributed by atoms with Crippen molar-refractivity contribution in [3.8, 4) is 22.6 Å². The van der Waals surface area contributed by atoms with Crippen LogP contribution in [0.15, 0.2) is 66.8 Å². The number of hydrogen-bond acceptors (Lipinski definition) is 6. The van der Waals surface area contributed by atoms with Gasteiger partial charge in [-0.2, -0.15) is 0 Å². The molecule has 0 spiro atoms. The minimum atomic E-state index is -0.620. The third kappa shape index (κ3) is 8.32. The van der Waals surface area contributed by atoms with Crippen LogP contribution in [-0.4, -0.2) is 36.9 Å². The van der Waals surface area contributed by atoms with Crippen LogP contribution in [0.5, 0.6) is 11.5 Å². The number of carbonyl (C=O) groups is 2. The van der Waals surface area contributed by atoms with Crippen LogP contribution in [0.3, 0.4) is 0 Å². The zero-order valence-electron chi connectivity index (χ0n) is 22.7. The van der Waals surface area contributed by atoms with Gasteiger partial charge < -0.3 is 19.3 Å². The van der Waals surface area contributed by atoms with Crippen LogP contribution in [0.4, 0.5) is 0 Å². The maximum atomic E-state index is 12.2. The normalized spacial score (nSPS) is 16.9. The van der Waals surface area contributed by atoms with E-state index >= 15 is 0 Å². The second-order valence-electron chi connectivity index (χ2n) is 10.0. The molecular formula is C32H40O6. The first-order chi connectivity index (χ1) is 18.3. The average molecular weight is 521 g/mol. The highest BCUT2D eigenvalue weighted by atomic mass is 16.6. The number of hydrogen-bond donors (Lipinski definition) is 1. The molecule has 0 amide bonds. The van der Waals surface area contributed by atoms with Gasteiger partial charge in [0.25, 0.3) is 0 Å². The Morgan fingerprint density at radius 2 is 1.63 bits per heavy atom. The van der Waals surface area contributed by atoms with Gasteiger partial charge in [0.2, 0.25) is 0 Å². The lowest BCUT2D eigenvalue weighted by Gasteiger charge is -2.30. The predicted molar refractivity (Wildman–Crippen MR) is 149 cm³/mol. The minimum Gasteiger partial charge on any atom is -0.490 e. The second-order valence-corrected chi connectivity index (χ2v) is 10.0. The minimum absolute atomic E-state index is 0.0250. The van der Waals surface area contributed by atoms with E-state index in [1.54, 1.807) is 13.0 Å². The molecular weight excluding hydrogens is 480 g/mol. The second kappa shape index (κ2) is 14.5. The molecule has 1 aliphatic carbocycles. The zero-order chi connectivity index (χ0) is 27.5. The Labute approximate surface area is 226 Å². The van der Waals surface area contributed by atoms with Gasteiger partial charge in [0, 0.05) is 5.57 Å². The third-order valence-electron chi connectivity index (χ3n) is 7.06. The maximum Gasteiger partial charge on any atom is 0.341 e. The molecule has 1 fully saturated rings. The Morgan fingerprint density at radius 3 is 2.26 bits per heavy atom. The molecule has 38 heavy (non-hydrogen) atoms. The molecule has 204 valence electrons. The quantitative estimate of drug-likeness (QED) is 0.136. The number of carbonyl (C=O) groups excluding carboxylic acids is 2. The molecule has 0 aromatic heterocycles. The fourth-order valence-electron chi connectivity index (χ4n) is 4.85. The van der Waals surface area contributed by atoms with Gasteiger partial charge >= 0.3 is 11.9 Å². The molecule has 2 aromatic rings. The maximum absolute atomic E-state index is 12.2. The average Bonchev–Trinajstić information content (AvgIpc) is 2.94. The van der Waals surface area contributed by atoms with Crippen molar-refractivity contribution in [2.45, 2.75) is 64.7 Å². The van der Waals surface area contributed by atoms with Gasteiger partial charge in [-0.15, -0.1) is 0 Å². The summed E-state index contributed by atoms with van der Waals surface area (Å²) in [5, 5.41) is 9.22. The summed E-state index contributed by atoms with van der Waals surface area (Å²) in [5.41, 5.74) is 3.70. The smallest absolute Gasteiger partial charge is 0.341 e. The van der Waals surface area contributed by atoms with Crippen molar-refractivity contribution in [1.82, 2.24) is 0 Å². The van der Waals surface area contributed by atoms with E-state index in [1.807, 2.05) is 36.4 Å². The first-order valence-electron chi connectivity index (χ1n) is 13.5. The zero-order valence-corrected chi connectivity index (χ0v) is 22.7. The molecule has 0 aliphatic heterocycles. The molecule has 0 atom stereocenters. The summed E-state index contributed by atoms with van der Waals surface area (Å²) >= 11 is 0. The molecule has 1 aliphatic rings. The third-order valence-corrected chi connectivity index (χ3v) is 7.06. The largest absolute Gasteiger partial charge is 0.490 e. The van der Waals surface area contributed by atoms with Crippen LogP contribution < -0.4 is 9.47 Å².